The zero-order valence-electron chi connectivity index (χ0n) is 10.8. The first-order valence-corrected chi connectivity index (χ1v) is 6.37. The summed E-state index contributed by atoms with van der Waals surface area (Å²) >= 11 is 0. The second-order valence-corrected chi connectivity index (χ2v) is 4.77. The molecular weight excluding hydrogens is 246 g/mol. The second kappa shape index (κ2) is 5.79. The standard InChI is InChI=1S/C13H17N3O3/c1-9-5-6-10(12(8-9)16(18)19)15-13(17)11-4-2-3-7-14-11/h5-6,8,11,14H,2-4,7H2,1H3,(H,15,17). The molecule has 0 aliphatic carbocycles. The fraction of sp³-hybridized carbons (Fsp3) is 0.462. The third-order valence-electron chi connectivity index (χ3n) is 3.23. The number of nitrogens with one attached hydrogen (secondary N) is 2. The molecule has 1 aromatic rings. The molecule has 0 spiro atoms. The van der Waals surface area contributed by atoms with Crippen LogP contribution in [-0.2, 0) is 4.79 Å². The lowest BCUT2D eigenvalue weighted by Gasteiger charge is -2.22. The maximum absolute atomic E-state index is 12.0. The molecule has 2 N–H and O–H groups in total. The Morgan fingerprint density at radius 2 is 2.26 bits per heavy atom. The number of benzene rings is 1. The van der Waals surface area contributed by atoms with Crippen LogP contribution < -0.4 is 10.6 Å². The van der Waals surface area contributed by atoms with E-state index in [0.29, 0.717) is 0 Å². The van der Waals surface area contributed by atoms with Crippen LogP contribution in [0.4, 0.5) is 11.4 Å². The van der Waals surface area contributed by atoms with E-state index in [1.807, 2.05) is 0 Å². The number of nitro groups is 1. The van der Waals surface area contributed by atoms with E-state index in [1.165, 1.54) is 6.07 Å². The lowest BCUT2D eigenvalue weighted by Crippen LogP contribution is -2.43. The Morgan fingerprint density at radius 1 is 1.47 bits per heavy atom. The van der Waals surface area contributed by atoms with Gasteiger partial charge < -0.3 is 10.6 Å². The molecule has 1 amide bonds. The molecule has 0 bridgehead atoms. The molecule has 1 heterocycles. The van der Waals surface area contributed by atoms with Gasteiger partial charge in [-0.25, -0.2) is 0 Å². The van der Waals surface area contributed by atoms with E-state index in [1.54, 1.807) is 19.1 Å². The van der Waals surface area contributed by atoms with E-state index in [-0.39, 0.29) is 23.3 Å². The van der Waals surface area contributed by atoms with Gasteiger partial charge in [0.1, 0.15) is 5.69 Å². The Bertz CT molecular complexity index is 496. The molecule has 0 saturated carbocycles. The lowest BCUT2D eigenvalue weighted by molar-refractivity contribution is -0.384. The summed E-state index contributed by atoms with van der Waals surface area (Å²) in [6.07, 6.45) is 2.83. The van der Waals surface area contributed by atoms with Crippen molar-refractivity contribution in [3.05, 3.63) is 33.9 Å². The highest BCUT2D eigenvalue weighted by atomic mass is 16.6. The smallest absolute Gasteiger partial charge is 0.293 e. The van der Waals surface area contributed by atoms with Crippen LogP contribution in [0.2, 0.25) is 0 Å². The Labute approximate surface area is 111 Å². The number of rotatable bonds is 3. The largest absolute Gasteiger partial charge is 0.319 e. The molecule has 6 heteroatoms. The highest BCUT2D eigenvalue weighted by molar-refractivity contribution is 5.96. The number of hydrogen-bond acceptors (Lipinski definition) is 4. The van der Waals surface area contributed by atoms with Crippen molar-refractivity contribution in [3.8, 4) is 0 Å². The minimum Gasteiger partial charge on any atom is -0.319 e. The van der Waals surface area contributed by atoms with E-state index >= 15 is 0 Å². The summed E-state index contributed by atoms with van der Waals surface area (Å²) in [6.45, 7) is 2.59. The predicted octanol–water partition coefficient (Wildman–Crippen LogP) is 1.98. The number of aryl methyl sites for hydroxylation is 1. The Hall–Kier alpha value is -1.95. The van der Waals surface area contributed by atoms with E-state index in [2.05, 4.69) is 10.6 Å². The van der Waals surface area contributed by atoms with E-state index in [4.69, 9.17) is 0 Å². The number of amides is 1. The summed E-state index contributed by atoms with van der Waals surface area (Å²) in [4.78, 5) is 22.5. The zero-order valence-corrected chi connectivity index (χ0v) is 10.8. The van der Waals surface area contributed by atoms with Crippen LogP contribution in [0.25, 0.3) is 0 Å². The summed E-state index contributed by atoms with van der Waals surface area (Å²) in [6, 6.07) is 4.53. The molecule has 1 fully saturated rings. The van der Waals surface area contributed by atoms with Gasteiger partial charge in [-0.3, -0.25) is 14.9 Å². The van der Waals surface area contributed by atoms with Gasteiger partial charge >= 0.3 is 0 Å². The SMILES string of the molecule is Cc1ccc(NC(=O)C2CCCCN2)c([N+](=O)[O-])c1. The van der Waals surface area contributed by atoms with Crippen LogP contribution in [-0.4, -0.2) is 23.4 Å². The van der Waals surface area contributed by atoms with Gasteiger partial charge in [0.15, 0.2) is 0 Å². The van der Waals surface area contributed by atoms with Gasteiger partial charge in [0.2, 0.25) is 5.91 Å². The average molecular weight is 263 g/mol. The molecule has 0 radical (unpaired) electrons. The summed E-state index contributed by atoms with van der Waals surface area (Å²) < 4.78 is 0. The fourth-order valence-corrected chi connectivity index (χ4v) is 2.19. The van der Waals surface area contributed by atoms with Crippen molar-refractivity contribution in [2.75, 3.05) is 11.9 Å². The number of carbonyl (C=O) groups excluding carboxylic acids is 1. The third kappa shape index (κ3) is 3.29. The van der Waals surface area contributed by atoms with Crippen molar-refractivity contribution in [2.24, 2.45) is 0 Å². The van der Waals surface area contributed by atoms with Crippen LogP contribution in [0.5, 0.6) is 0 Å². The normalized spacial score (nSPS) is 18.9. The summed E-state index contributed by atoms with van der Waals surface area (Å²) in [5, 5.41) is 16.7. The van der Waals surface area contributed by atoms with Crippen molar-refractivity contribution < 1.29 is 9.72 Å². The average Bonchev–Trinajstić information content (AvgIpc) is 2.41. The maximum Gasteiger partial charge on any atom is 0.293 e. The summed E-state index contributed by atoms with van der Waals surface area (Å²) in [5.74, 6) is -0.202. The van der Waals surface area contributed by atoms with Crippen LogP contribution in [0, 0.1) is 17.0 Å². The highest BCUT2D eigenvalue weighted by Gasteiger charge is 2.23. The molecule has 1 atom stereocenters. The van der Waals surface area contributed by atoms with Gasteiger partial charge in [0.05, 0.1) is 11.0 Å². The van der Waals surface area contributed by atoms with Crippen LogP contribution in [0.3, 0.4) is 0 Å². The van der Waals surface area contributed by atoms with Gasteiger partial charge in [-0.15, -0.1) is 0 Å². The first-order chi connectivity index (χ1) is 9.08. The van der Waals surface area contributed by atoms with Crippen molar-refractivity contribution in [2.45, 2.75) is 32.2 Å². The number of nitro benzene ring substituents is 1. The van der Waals surface area contributed by atoms with Crippen molar-refractivity contribution in [3.63, 3.8) is 0 Å². The van der Waals surface area contributed by atoms with Crippen LogP contribution in [0.15, 0.2) is 18.2 Å². The number of carbonyl (C=O) groups is 1. The number of hydrogen-bond donors (Lipinski definition) is 2. The minimum atomic E-state index is -0.475. The van der Waals surface area contributed by atoms with Gasteiger partial charge in [-0.2, -0.15) is 0 Å². The van der Waals surface area contributed by atoms with Gasteiger partial charge in [0.25, 0.3) is 5.69 Å². The Balaban J connectivity index is 2.13. The fourth-order valence-electron chi connectivity index (χ4n) is 2.19. The number of piperidine rings is 1. The Kier molecular flexibility index (Phi) is 4.11. The zero-order chi connectivity index (χ0) is 13.8. The number of anilines is 1. The van der Waals surface area contributed by atoms with Crippen LogP contribution >= 0.6 is 0 Å². The molecule has 1 unspecified atom stereocenters. The Morgan fingerprint density at radius 3 is 2.89 bits per heavy atom. The molecule has 19 heavy (non-hydrogen) atoms. The molecule has 2 rings (SSSR count). The molecule has 1 saturated heterocycles. The minimum absolute atomic E-state index is 0.0656. The van der Waals surface area contributed by atoms with Crippen molar-refractivity contribution in [1.29, 1.82) is 0 Å². The highest BCUT2D eigenvalue weighted by Crippen LogP contribution is 2.25. The topological polar surface area (TPSA) is 84.3 Å². The van der Waals surface area contributed by atoms with Crippen LogP contribution in [0.1, 0.15) is 24.8 Å². The number of nitrogens with zero attached hydrogens (tertiary/aromatic N) is 1. The maximum atomic E-state index is 12.0. The molecule has 1 aliphatic heterocycles. The molecule has 0 aromatic heterocycles. The summed E-state index contributed by atoms with van der Waals surface area (Å²) in [7, 11) is 0. The van der Waals surface area contributed by atoms with E-state index in [9.17, 15) is 14.9 Å². The van der Waals surface area contributed by atoms with E-state index in [0.717, 1.165) is 31.4 Å². The predicted molar refractivity (Wildman–Crippen MR) is 72.1 cm³/mol. The monoisotopic (exact) mass is 263 g/mol. The summed E-state index contributed by atoms with van der Waals surface area (Å²) in [5.41, 5.74) is 0.984. The van der Waals surface area contributed by atoms with Gasteiger partial charge in [-0.1, -0.05) is 12.5 Å². The first-order valence-electron chi connectivity index (χ1n) is 6.37. The van der Waals surface area contributed by atoms with Gasteiger partial charge in [-0.05, 0) is 37.9 Å². The van der Waals surface area contributed by atoms with Crippen molar-refractivity contribution in [1.82, 2.24) is 5.32 Å². The molecule has 1 aliphatic rings. The third-order valence-corrected chi connectivity index (χ3v) is 3.23. The first kappa shape index (κ1) is 13.5. The van der Waals surface area contributed by atoms with E-state index < -0.39 is 4.92 Å². The lowest BCUT2D eigenvalue weighted by atomic mass is 10.0. The van der Waals surface area contributed by atoms with Crippen molar-refractivity contribution >= 4 is 17.3 Å². The molecule has 1 aromatic carbocycles. The molecule has 102 valence electrons. The quantitative estimate of drug-likeness (QED) is 0.645. The molecule has 6 nitrogen and oxygen atoms in total. The molecular formula is C13H17N3O3. The second-order valence-electron chi connectivity index (χ2n) is 4.77. The van der Waals surface area contributed by atoms with Gasteiger partial charge in [0, 0.05) is 6.07 Å².